The molecule has 41 heavy (non-hydrogen) atoms. The van der Waals surface area contributed by atoms with Crippen LogP contribution >= 0.6 is 0 Å². The number of ether oxygens (including phenoxy) is 2. The van der Waals surface area contributed by atoms with Gasteiger partial charge in [-0.05, 0) is 41.2 Å². The molecule has 1 aliphatic carbocycles. The van der Waals surface area contributed by atoms with Crippen molar-refractivity contribution < 1.29 is 29.0 Å². The lowest BCUT2D eigenvalue weighted by Gasteiger charge is -2.24. The number of aliphatic carboxylic acids is 1. The Morgan fingerprint density at radius 3 is 2.10 bits per heavy atom. The maximum absolute atomic E-state index is 12.9. The summed E-state index contributed by atoms with van der Waals surface area (Å²) in [6.45, 7) is 4.04. The minimum Gasteiger partial charge on any atom is -0.480 e. The van der Waals surface area contributed by atoms with Crippen LogP contribution in [-0.4, -0.2) is 47.9 Å². The highest BCUT2D eigenvalue weighted by atomic mass is 16.5. The van der Waals surface area contributed by atoms with Crippen LogP contribution in [0.2, 0.25) is 0 Å². The van der Waals surface area contributed by atoms with Crippen molar-refractivity contribution >= 4 is 18.0 Å². The Balaban J connectivity index is 1.32. The number of carboxylic acids is 1. The van der Waals surface area contributed by atoms with Crippen molar-refractivity contribution in [1.29, 1.82) is 0 Å². The van der Waals surface area contributed by atoms with E-state index < -0.39 is 36.2 Å². The molecule has 0 spiro atoms. The molecular weight excluding hydrogens is 520 g/mol. The second kappa shape index (κ2) is 14.5. The topological polar surface area (TPSA) is 114 Å². The average molecular weight is 559 g/mol. The van der Waals surface area contributed by atoms with Crippen molar-refractivity contribution in [2.45, 2.75) is 70.2 Å². The van der Waals surface area contributed by atoms with Gasteiger partial charge in [-0.2, -0.15) is 0 Å². The third-order valence-electron chi connectivity index (χ3n) is 7.41. The summed E-state index contributed by atoms with van der Waals surface area (Å²) in [5, 5.41) is 15.1. The number of benzene rings is 3. The van der Waals surface area contributed by atoms with E-state index in [4.69, 9.17) is 9.47 Å². The molecule has 0 saturated carbocycles. The molecule has 8 heteroatoms. The minimum atomic E-state index is -1.23. The lowest BCUT2D eigenvalue weighted by molar-refractivity contribution is -0.146. The molecule has 3 aromatic rings. The number of unbranched alkanes of at least 4 members (excludes halogenated alkanes) is 1. The van der Waals surface area contributed by atoms with Gasteiger partial charge in [-0.1, -0.05) is 98.6 Å². The number of hydrogen-bond donors (Lipinski definition) is 3. The molecule has 3 aromatic carbocycles. The Kier molecular flexibility index (Phi) is 10.5. The number of carbonyl (C=O) groups excluding carboxylic acids is 2. The predicted octanol–water partition coefficient (Wildman–Crippen LogP) is 5.65. The molecule has 2 amide bonds. The molecule has 1 aliphatic rings. The van der Waals surface area contributed by atoms with Gasteiger partial charge in [0.1, 0.15) is 6.61 Å². The summed E-state index contributed by atoms with van der Waals surface area (Å²) in [4.78, 5) is 37.7. The molecule has 0 fully saturated rings. The highest BCUT2D eigenvalue weighted by Gasteiger charge is 2.30. The summed E-state index contributed by atoms with van der Waals surface area (Å²) >= 11 is 0. The van der Waals surface area contributed by atoms with Crippen LogP contribution in [0.15, 0.2) is 78.9 Å². The van der Waals surface area contributed by atoms with Crippen LogP contribution in [0.4, 0.5) is 4.79 Å². The van der Waals surface area contributed by atoms with E-state index in [2.05, 4.69) is 34.9 Å². The van der Waals surface area contributed by atoms with Gasteiger partial charge in [0, 0.05) is 18.4 Å². The van der Waals surface area contributed by atoms with E-state index in [1.165, 1.54) is 0 Å². The fraction of sp³-hybridized carbons (Fsp3) is 0.364. The third kappa shape index (κ3) is 7.95. The van der Waals surface area contributed by atoms with Crippen LogP contribution in [0.1, 0.15) is 62.1 Å². The zero-order chi connectivity index (χ0) is 29.2. The van der Waals surface area contributed by atoms with E-state index in [-0.39, 0.29) is 25.6 Å². The van der Waals surface area contributed by atoms with Gasteiger partial charge in [-0.3, -0.25) is 4.79 Å². The minimum absolute atomic E-state index is 0.0701. The van der Waals surface area contributed by atoms with Crippen LogP contribution in [0.25, 0.3) is 11.1 Å². The van der Waals surface area contributed by atoms with Crippen LogP contribution in [0, 0.1) is 0 Å². The van der Waals surface area contributed by atoms with Crippen LogP contribution in [-0.2, 0) is 25.7 Å². The maximum Gasteiger partial charge on any atom is 0.407 e. The summed E-state index contributed by atoms with van der Waals surface area (Å²) in [6, 6.07) is 23.9. The van der Waals surface area contributed by atoms with Gasteiger partial charge in [0.15, 0.2) is 6.04 Å². The van der Waals surface area contributed by atoms with E-state index in [1.807, 2.05) is 61.5 Å². The third-order valence-corrected chi connectivity index (χ3v) is 7.41. The number of alkyl carbamates (subject to hydrolysis) is 1. The second-order valence-corrected chi connectivity index (χ2v) is 10.4. The fourth-order valence-corrected chi connectivity index (χ4v) is 5.22. The summed E-state index contributed by atoms with van der Waals surface area (Å²) < 4.78 is 11.4. The molecule has 216 valence electrons. The largest absolute Gasteiger partial charge is 0.480 e. The van der Waals surface area contributed by atoms with Gasteiger partial charge < -0.3 is 25.2 Å². The van der Waals surface area contributed by atoms with E-state index in [9.17, 15) is 19.5 Å². The number of nitrogens with one attached hydrogen (secondary N) is 2. The van der Waals surface area contributed by atoms with Gasteiger partial charge in [0.05, 0.1) is 12.7 Å². The molecule has 0 radical (unpaired) electrons. The van der Waals surface area contributed by atoms with Crippen molar-refractivity contribution in [3.8, 4) is 11.1 Å². The van der Waals surface area contributed by atoms with Crippen molar-refractivity contribution in [3.05, 3.63) is 95.6 Å². The van der Waals surface area contributed by atoms with Crippen molar-refractivity contribution in [1.82, 2.24) is 10.6 Å². The van der Waals surface area contributed by atoms with Crippen molar-refractivity contribution in [2.24, 2.45) is 0 Å². The number of carbonyl (C=O) groups is 3. The number of amides is 2. The molecule has 0 heterocycles. The predicted molar refractivity (Wildman–Crippen MR) is 156 cm³/mol. The zero-order valence-electron chi connectivity index (χ0n) is 23.5. The van der Waals surface area contributed by atoms with Crippen LogP contribution in [0.3, 0.4) is 0 Å². The molecule has 1 unspecified atom stereocenters. The molecule has 8 nitrogen and oxygen atoms in total. The Morgan fingerprint density at radius 2 is 1.49 bits per heavy atom. The number of hydrogen-bond acceptors (Lipinski definition) is 5. The smallest absolute Gasteiger partial charge is 0.407 e. The highest BCUT2D eigenvalue weighted by molar-refractivity contribution is 5.84. The first-order valence-corrected chi connectivity index (χ1v) is 14.2. The lowest BCUT2D eigenvalue weighted by Crippen LogP contribution is -2.50. The quantitative estimate of drug-likeness (QED) is 0.236. The summed E-state index contributed by atoms with van der Waals surface area (Å²) in [7, 11) is 0. The molecule has 4 rings (SSSR count). The Labute approximate surface area is 241 Å². The van der Waals surface area contributed by atoms with Crippen LogP contribution in [0.5, 0.6) is 0 Å². The van der Waals surface area contributed by atoms with Crippen LogP contribution < -0.4 is 10.6 Å². The van der Waals surface area contributed by atoms with E-state index in [1.54, 1.807) is 6.92 Å². The molecule has 0 aromatic heterocycles. The van der Waals surface area contributed by atoms with E-state index >= 15 is 0 Å². The molecular formula is C33H38N2O6. The number of carboxylic acid groups (broad SMARTS) is 1. The molecule has 0 saturated heterocycles. The molecule has 0 aliphatic heterocycles. The second-order valence-electron chi connectivity index (χ2n) is 10.4. The first-order valence-electron chi connectivity index (χ1n) is 14.2. The van der Waals surface area contributed by atoms with E-state index in [0.717, 1.165) is 40.7 Å². The first kappa shape index (κ1) is 29.8. The van der Waals surface area contributed by atoms with Gasteiger partial charge in [-0.25, -0.2) is 9.59 Å². The van der Waals surface area contributed by atoms with Gasteiger partial charge >= 0.3 is 12.1 Å². The Morgan fingerprint density at radius 1 is 0.878 bits per heavy atom. The molecule has 3 N–H and O–H groups in total. The number of rotatable bonds is 14. The van der Waals surface area contributed by atoms with Crippen molar-refractivity contribution in [3.63, 3.8) is 0 Å². The fourth-order valence-electron chi connectivity index (χ4n) is 5.22. The number of fused-ring (bicyclic) bond motifs is 3. The first-order chi connectivity index (χ1) is 19.9. The average Bonchev–Trinajstić information content (AvgIpc) is 3.30. The Hall–Kier alpha value is -4.17. The summed E-state index contributed by atoms with van der Waals surface area (Å²) in [5.74, 6) is -1.74. The van der Waals surface area contributed by atoms with Gasteiger partial charge in [0.25, 0.3) is 0 Å². The van der Waals surface area contributed by atoms with Crippen molar-refractivity contribution in [2.75, 3.05) is 6.61 Å². The monoisotopic (exact) mass is 558 g/mol. The SMILES string of the molecule is CCCCC(CC(=O)N[C@@H](C(=O)O)[C@H](C)OCc1ccccc1)NC(=O)OCC1c2ccccc2-c2ccccc21. The standard InChI is InChI=1S/C33H38N2O6/c1-3-4-14-24(19-30(36)35-31(32(37)38)22(2)40-20-23-12-6-5-7-13-23)34-33(39)41-21-29-27-17-10-8-15-25(27)26-16-9-11-18-28(26)29/h5-13,15-18,22,24,29,31H,3-4,14,19-21H2,1-2H3,(H,34,39)(H,35,36)(H,37,38)/t22-,24?,31+/m0/s1. The Bertz CT molecular complexity index is 1280. The maximum atomic E-state index is 12.9. The summed E-state index contributed by atoms with van der Waals surface area (Å²) in [6.07, 6.45) is 0.800. The van der Waals surface area contributed by atoms with Gasteiger partial charge in [-0.15, -0.1) is 0 Å². The van der Waals surface area contributed by atoms with E-state index in [0.29, 0.717) is 6.42 Å². The summed E-state index contributed by atoms with van der Waals surface area (Å²) in [5.41, 5.74) is 5.43. The molecule has 0 bridgehead atoms. The molecule has 3 atom stereocenters. The highest BCUT2D eigenvalue weighted by Crippen LogP contribution is 2.44. The zero-order valence-corrected chi connectivity index (χ0v) is 23.5. The lowest BCUT2D eigenvalue weighted by atomic mass is 9.98. The normalized spacial score (nSPS) is 14.3. The van der Waals surface area contributed by atoms with Gasteiger partial charge in [0.2, 0.25) is 5.91 Å².